The molecule has 0 aliphatic carbocycles. The number of nitrogens with zero attached hydrogens (tertiary/aromatic N) is 2. The zero-order chi connectivity index (χ0) is 15.0. The van der Waals surface area contributed by atoms with Gasteiger partial charge in [0.25, 0.3) is 0 Å². The normalized spacial score (nSPS) is 18.4. The first kappa shape index (κ1) is 13.8. The van der Waals surface area contributed by atoms with Gasteiger partial charge < -0.3 is 10.6 Å². The lowest BCUT2D eigenvalue weighted by atomic mass is 10.1. The highest BCUT2D eigenvalue weighted by Crippen LogP contribution is 2.25. The van der Waals surface area contributed by atoms with Crippen molar-refractivity contribution in [1.82, 2.24) is 9.88 Å². The van der Waals surface area contributed by atoms with Crippen LogP contribution >= 0.6 is 11.6 Å². The minimum absolute atomic E-state index is 0.195. The van der Waals surface area contributed by atoms with Crippen LogP contribution in [0.5, 0.6) is 0 Å². The minimum atomic E-state index is -0.685. The van der Waals surface area contributed by atoms with Crippen LogP contribution in [-0.2, 0) is 16.1 Å². The molecule has 2 N–H and O–H groups in total. The molecule has 108 valence electrons. The number of carbonyl (C=O) groups excluding carboxylic acids is 2. The van der Waals surface area contributed by atoms with Gasteiger partial charge in [0.2, 0.25) is 11.8 Å². The maximum absolute atomic E-state index is 12.1. The van der Waals surface area contributed by atoms with Crippen molar-refractivity contribution in [2.45, 2.75) is 13.0 Å². The third kappa shape index (κ3) is 2.56. The quantitative estimate of drug-likeness (QED) is 0.693. The lowest BCUT2D eigenvalue weighted by Crippen LogP contribution is -2.33. The van der Waals surface area contributed by atoms with Crippen LogP contribution in [0.3, 0.4) is 0 Å². The van der Waals surface area contributed by atoms with Gasteiger partial charge in [-0.15, -0.1) is 0 Å². The average Bonchev–Trinajstić information content (AvgIpc) is 2.81. The molecule has 1 aromatic heterocycles. The average molecular weight is 304 g/mol. The first-order chi connectivity index (χ1) is 10.1. The Bertz CT molecular complexity index is 732. The Morgan fingerprint density at radius 2 is 2.24 bits per heavy atom. The van der Waals surface area contributed by atoms with Crippen molar-refractivity contribution in [1.29, 1.82) is 0 Å². The van der Waals surface area contributed by atoms with Crippen molar-refractivity contribution < 1.29 is 9.59 Å². The van der Waals surface area contributed by atoms with Crippen LogP contribution < -0.4 is 5.73 Å². The van der Waals surface area contributed by atoms with Crippen LogP contribution in [0.4, 0.5) is 0 Å². The number of likely N-dealkylation sites (tertiary alicyclic amines) is 1. The topological polar surface area (TPSA) is 76.3 Å². The van der Waals surface area contributed by atoms with Gasteiger partial charge in [-0.1, -0.05) is 23.7 Å². The Hall–Kier alpha value is -2.14. The van der Waals surface area contributed by atoms with Gasteiger partial charge in [-0.2, -0.15) is 0 Å². The van der Waals surface area contributed by atoms with Crippen molar-refractivity contribution in [3.8, 4) is 0 Å². The number of pyridine rings is 1. The van der Waals surface area contributed by atoms with Gasteiger partial charge in [0, 0.05) is 24.7 Å². The molecule has 5 nitrogen and oxygen atoms in total. The molecule has 1 aliphatic rings. The predicted molar refractivity (Wildman–Crippen MR) is 79.5 cm³/mol. The van der Waals surface area contributed by atoms with Gasteiger partial charge >= 0.3 is 0 Å². The molecule has 0 spiro atoms. The van der Waals surface area contributed by atoms with Gasteiger partial charge in [-0.3, -0.25) is 9.59 Å². The second kappa shape index (κ2) is 5.33. The summed E-state index contributed by atoms with van der Waals surface area (Å²) in [5.41, 5.74) is 6.18. The zero-order valence-corrected chi connectivity index (χ0v) is 12.0. The van der Waals surface area contributed by atoms with E-state index in [1.165, 1.54) is 0 Å². The zero-order valence-electron chi connectivity index (χ0n) is 11.3. The Morgan fingerprint density at radius 1 is 1.43 bits per heavy atom. The first-order valence-electron chi connectivity index (χ1n) is 6.67. The molecule has 6 heteroatoms. The van der Waals surface area contributed by atoms with E-state index in [2.05, 4.69) is 4.98 Å². The van der Waals surface area contributed by atoms with E-state index in [1.54, 1.807) is 11.1 Å². The summed E-state index contributed by atoms with van der Waals surface area (Å²) in [6.07, 6.45) is 2.15. The largest absolute Gasteiger partial charge is 0.369 e. The molecule has 1 aliphatic heterocycles. The molecular formula is C15H14ClN3O2. The Balaban J connectivity index is 1.84. The van der Waals surface area contributed by atoms with Crippen LogP contribution in [0.1, 0.15) is 12.0 Å². The molecule has 0 unspecified atom stereocenters. The van der Waals surface area contributed by atoms with Crippen LogP contribution in [0, 0.1) is 5.92 Å². The lowest BCUT2D eigenvalue weighted by Gasteiger charge is -2.16. The molecule has 21 heavy (non-hydrogen) atoms. The molecule has 2 heterocycles. The van der Waals surface area contributed by atoms with Crippen molar-refractivity contribution in [3.63, 3.8) is 0 Å². The minimum Gasteiger partial charge on any atom is -0.369 e. The molecule has 0 bridgehead atoms. The summed E-state index contributed by atoms with van der Waals surface area (Å²) in [5.74, 6) is -1.43. The smallest absolute Gasteiger partial charge is 0.235 e. The number of rotatable bonds is 3. The summed E-state index contributed by atoms with van der Waals surface area (Å²) >= 11 is 6.09. The van der Waals surface area contributed by atoms with Crippen molar-refractivity contribution >= 4 is 34.2 Å². The molecule has 1 fully saturated rings. The molecule has 1 aromatic carbocycles. The van der Waals surface area contributed by atoms with Crippen LogP contribution in [-0.4, -0.2) is 28.2 Å². The van der Waals surface area contributed by atoms with Gasteiger partial charge in [-0.25, -0.2) is 4.98 Å². The van der Waals surface area contributed by atoms with Crippen molar-refractivity contribution in [2.24, 2.45) is 11.7 Å². The predicted octanol–water partition coefficient (Wildman–Crippen LogP) is 1.72. The molecule has 3 rings (SSSR count). The number of amides is 2. The monoisotopic (exact) mass is 303 g/mol. The molecule has 1 saturated heterocycles. The Labute approximate surface area is 126 Å². The van der Waals surface area contributed by atoms with Crippen LogP contribution in [0.25, 0.3) is 10.8 Å². The number of primary amides is 1. The summed E-state index contributed by atoms with van der Waals surface area (Å²) < 4.78 is 0. The van der Waals surface area contributed by atoms with E-state index in [-0.39, 0.29) is 5.91 Å². The highest BCUT2D eigenvalue weighted by atomic mass is 35.5. The summed E-state index contributed by atoms with van der Waals surface area (Å²) in [6, 6.07) is 7.71. The number of hydrogen-bond donors (Lipinski definition) is 1. The van der Waals surface area contributed by atoms with Crippen LogP contribution in [0.15, 0.2) is 30.5 Å². The fourth-order valence-electron chi connectivity index (χ4n) is 2.66. The molecule has 1 atom stereocenters. The molecule has 0 saturated carbocycles. The highest BCUT2D eigenvalue weighted by Gasteiger charge is 2.35. The molecule has 2 amide bonds. The maximum Gasteiger partial charge on any atom is 0.235 e. The van der Waals surface area contributed by atoms with E-state index in [4.69, 9.17) is 17.3 Å². The summed E-state index contributed by atoms with van der Waals surface area (Å²) in [5, 5.41) is 2.30. The number of nitrogens with two attached hydrogens (primary N) is 1. The van der Waals surface area contributed by atoms with Crippen molar-refractivity contribution in [2.75, 3.05) is 6.54 Å². The van der Waals surface area contributed by atoms with Gasteiger partial charge in [0.1, 0.15) is 11.1 Å². The number of halogens is 1. The summed E-state index contributed by atoms with van der Waals surface area (Å²) in [6.45, 7) is 0.995. The number of benzene rings is 1. The molecule has 0 radical (unpaired) electrons. The Kier molecular flexibility index (Phi) is 3.51. The van der Waals surface area contributed by atoms with E-state index >= 15 is 0 Å². The number of fused-ring (bicyclic) bond motifs is 1. The summed E-state index contributed by atoms with van der Waals surface area (Å²) in [7, 11) is 0. The van der Waals surface area contributed by atoms with Crippen LogP contribution in [0.2, 0.25) is 5.15 Å². The fourth-order valence-corrected chi connectivity index (χ4v) is 2.88. The van der Waals surface area contributed by atoms with E-state index in [1.807, 2.05) is 24.3 Å². The third-order valence-electron chi connectivity index (χ3n) is 3.80. The molecule has 2 aromatic rings. The molecular weight excluding hydrogens is 290 g/mol. The van der Waals surface area contributed by atoms with Gasteiger partial charge in [0.15, 0.2) is 0 Å². The standard InChI is InChI=1S/C15H14ClN3O2/c16-13-12-7-9(1-2-10(12)3-5-18-13)8-19-6-4-11(14(17)20)15(19)21/h1-3,5,7,11H,4,6,8H2,(H2,17,20)/t11-/m0/s1. The second-order valence-electron chi connectivity index (χ2n) is 5.16. The van der Waals surface area contributed by atoms with E-state index in [9.17, 15) is 9.59 Å². The van der Waals surface area contributed by atoms with Crippen molar-refractivity contribution in [3.05, 3.63) is 41.2 Å². The summed E-state index contributed by atoms with van der Waals surface area (Å²) in [4.78, 5) is 29.0. The highest BCUT2D eigenvalue weighted by molar-refractivity contribution is 6.34. The van der Waals surface area contributed by atoms with E-state index in [0.29, 0.717) is 24.7 Å². The number of hydrogen-bond acceptors (Lipinski definition) is 3. The first-order valence-corrected chi connectivity index (χ1v) is 7.05. The maximum atomic E-state index is 12.1. The lowest BCUT2D eigenvalue weighted by molar-refractivity contribution is -0.136. The number of aromatic nitrogens is 1. The van der Waals surface area contributed by atoms with Gasteiger partial charge in [0.05, 0.1) is 0 Å². The second-order valence-corrected chi connectivity index (χ2v) is 5.52. The SMILES string of the molecule is NC(=O)[C@@H]1CCN(Cc2ccc3ccnc(Cl)c3c2)C1=O. The Morgan fingerprint density at radius 3 is 2.95 bits per heavy atom. The van der Waals surface area contributed by atoms with E-state index in [0.717, 1.165) is 16.3 Å². The number of carbonyl (C=O) groups is 2. The third-order valence-corrected chi connectivity index (χ3v) is 4.10. The fraction of sp³-hybridized carbons (Fsp3) is 0.267. The van der Waals surface area contributed by atoms with Gasteiger partial charge in [-0.05, 0) is 29.5 Å². The van der Waals surface area contributed by atoms with E-state index < -0.39 is 11.8 Å².